The van der Waals surface area contributed by atoms with Crippen LogP contribution in [0.25, 0.3) is 0 Å². The molecule has 0 bridgehead atoms. The van der Waals surface area contributed by atoms with Crippen molar-refractivity contribution in [2.45, 2.75) is 24.4 Å². The van der Waals surface area contributed by atoms with Gasteiger partial charge in [-0.25, -0.2) is 4.79 Å². The molecular weight excluding hydrogens is 377 g/mol. The van der Waals surface area contributed by atoms with E-state index in [0.29, 0.717) is 0 Å². The summed E-state index contributed by atoms with van der Waals surface area (Å²) in [4.78, 5) is 10.1. The Hall–Kier alpha value is 0.100. The van der Waals surface area contributed by atoms with Gasteiger partial charge in [-0.05, 0) is 0 Å². The minimum absolute atomic E-state index is 0. The molecule has 0 aliphatic rings. The second-order valence-corrected chi connectivity index (χ2v) is 2.51. The van der Waals surface area contributed by atoms with E-state index in [1.54, 1.807) is 0 Å². The number of carbonyl (C=O) groups is 1. The molecule has 0 spiro atoms. The zero-order valence-corrected chi connectivity index (χ0v) is 11.4. The fourth-order valence-corrected chi connectivity index (χ4v) is 0.668. The van der Waals surface area contributed by atoms with Gasteiger partial charge in [0.2, 0.25) is 0 Å². The smallest absolute Gasteiger partial charge is 0.335 e. The summed E-state index contributed by atoms with van der Waals surface area (Å²) < 4.78 is 0. The summed E-state index contributed by atoms with van der Waals surface area (Å²) in [6.45, 7) is -0.843. The number of aliphatic hydroxyl groups excluding tert-OH is 5. The van der Waals surface area contributed by atoms with E-state index in [1.165, 1.54) is 0 Å². The van der Waals surface area contributed by atoms with Gasteiger partial charge in [0.1, 0.15) is 18.3 Å². The first-order chi connectivity index (χ1) is 5.91. The first kappa shape index (κ1) is 20.5. The van der Waals surface area contributed by atoms with E-state index in [1.807, 2.05) is 0 Å². The maximum Gasteiger partial charge on any atom is 0.335 e. The Morgan fingerprint density at radius 2 is 1.47 bits per heavy atom. The van der Waals surface area contributed by atoms with Crippen molar-refractivity contribution in [3.63, 3.8) is 0 Å². The minimum atomic E-state index is -2.20. The van der Waals surface area contributed by atoms with Crippen LogP contribution < -0.4 is 6.15 Å². The summed E-state index contributed by atoms with van der Waals surface area (Å²) in [6, 6.07) is 0. The number of aliphatic hydroxyl groups is 5. The maximum atomic E-state index is 10.1. The molecule has 0 aliphatic heterocycles. The predicted molar refractivity (Wildman–Crippen MR) is 43.8 cm³/mol. The zero-order valence-electron chi connectivity index (χ0n) is 7.82. The molecule has 0 unspecified atom stereocenters. The fraction of sp³-hybridized carbons (Fsp3) is 0.833. The zero-order chi connectivity index (χ0) is 10.6. The van der Waals surface area contributed by atoms with Crippen molar-refractivity contribution >= 4 is 5.97 Å². The minimum Gasteiger partial charge on any atom is -0.479 e. The van der Waals surface area contributed by atoms with E-state index in [4.69, 9.17) is 30.6 Å². The maximum absolute atomic E-state index is 10.1. The topological polar surface area (TPSA) is 173 Å². The third-order valence-electron chi connectivity index (χ3n) is 1.51. The van der Waals surface area contributed by atoms with Crippen molar-refractivity contribution < 1.29 is 61.3 Å². The largest absolute Gasteiger partial charge is 0.479 e. The summed E-state index contributed by atoms with van der Waals surface area (Å²) in [6.07, 6.45) is -7.84. The molecule has 0 saturated carbocycles. The van der Waals surface area contributed by atoms with E-state index in [9.17, 15) is 4.79 Å². The number of hydrogen-bond donors (Lipinski definition) is 7. The molecule has 0 amide bonds. The van der Waals surface area contributed by atoms with Gasteiger partial charge < -0.3 is 36.8 Å². The molecule has 9 heteroatoms. The molecule has 8 nitrogen and oxygen atoms in total. The van der Waals surface area contributed by atoms with E-state index in [-0.39, 0.29) is 32.0 Å². The van der Waals surface area contributed by atoms with Gasteiger partial charge in [-0.1, -0.05) is 0 Å². The standard InChI is InChI=1S/C6H12O7.Hf.H3N/c7-1-2(8)3(9)4(10)5(11)6(12)13;;/h2-5,7-11H,1H2,(H,12,13);;1H3/t2-,3-,4+,5-;;/m1../s1. The Balaban J connectivity index is -0.000000720. The van der Waals surface area contributed by atoms with Crippen LogP contribution in [-0.2, 0) is 30.6 Å². The number of hydrogen-bond acceptors (Lipinski definition) is 7. The van der Waals surface area contributed by atoms with Gasteiger partial charge in [0.25, 0.3) is 0 Å². The summed E-state index contributed by atoms with van der Waals surface area (Å²) in [5.74, 6) is -1.73. The van der Waals surface area contributed by atoms with Gasteiger partial charge >= 0.3 is 5.97 Å². The van der Waals surface area contributed by atoms with Crippen molar-refractivity contribution in [1.82, 2.24) is 6.15 Å². The third-order valence-corrected chi connectivity index (χ3v) is 1.51. The first-order valence-corrected chi connectivity index (χ1v) is 3.47. The first-order valence-electron chi connectivity index (χ1n) is 3.47. The van der Waals surface area contributed by atoms with Crippen molar-refractivity contribution in [3.05, 3.63) is 0 Å². The SMILES string of the molecule is N.O=C(O)[C@H](O)[C@@H](O)[C@H](O)[C@H](O)CO.[Hf]. The van der Waals surface area contributed by atoms with Crippen LogP contribution in [0.1, 0.15) is 0 Å². The predicted octanol–water partition coefficient (Wildman–Crippen LogP) is -3.33. The summed E-state index contributed by atoms with van der Waals surface area (Å²) >= 11 is 0. The molecule has 0 aliphatic carbocycles. The number of carboxylic acids is 1. The van der Waals surface area contributed by atoms with Crippen molar-refractivity contribution in [2.24, 2.45) is 0 Å². The normalized spacial score (nSPS) is 17.7. The Kier molecular flexibility index (Phi) is 12.8. The molecule has 0 aromatic rings. The van der Waals surface area contributed by atoms with Crippen molar-refractivity contribution in [3.8, 4) is 0 Å². The van der Waals surface area contributed by atoms with Gasteiger partial charge in [-0.2, -0.15) is 0 Å². The van der Waals surface area contributed by atoms with E-state index in [2.05, 4.69) is 0 Å². The summed E-state index contributed by atoms with van der Waals surface area (Å²) in [5, 5.41) is 51.8. The van der Waals surface area contributed by atoms with Gasteiger partial charge in [-0.15, -0.1) is 0 Å². The molecule has 9 N–H and O–H groups in total. The number of rotatable bonds is 5. The molecule has 0 rings (SSSR count). The van der Waals surface area contributed by atoms with Crippen LogP contribution in [0.5, 0.6) is 0 Å². The molecule has 0 aromatic carbocycles. The van der Waals surface area contributed by atoms with Crippen molar-refractivity contribution in [2.75, 3.05) is 6.61 Å². The Labute approximate surface area is 105 Å². The van der Waals surface area contributed by atoms with Gasteiger partial charge in [-0.3, -0.25) is 0 Å². The van der Waals surface area contributed by atoms with Crippen LogP contribution >= 0.6 is 0 Å². The van der Waals surface area contributed by atoms with Crippen LogP contribution in [0.2, 0.25) is 0 Å². The Morgan fingerprint density at radius 1 is 1.07 bits per heavy atom. The summed E-state index contributed by atoms with van der Waals surface area (Å²) in [5.41, 5.74) is 0. The molecule has 4 atom stereocenters. The Bertz CT molecular complexity index is 181. The fourth-order valence-electron chi connectivity index (χ4n) is 0.668. The average molecular weight is 392 g/mol. The molecule has 0 aromatic heterocycles. The van der Waals surface area contributed by atoms with Gasteiger partial charge in [0.15, 0.2) is 6.10 Å². The summed E-state index contributed by atoms with van der Waals surface area (Å²) in [7, 11) is 0. The quantitative estimate of drug-likeness (QED) is 0.238. The van der Waals surface area contributed by atoms with Crippen molar-refractivity contribution in [1.29, 1.82) is 0 Å². The van der Waals surface area contributed by atoms with Gasteiger partial charge in [0, 0.05) is 25.8 Å². The van der Waals surface area contributed by atoms with Crippen LogP contribution in [0.3, 0.4) is 0 Å². The molecule has 0 heterocycles. The van der Waals surface area contributed by atoms with E-state index in [0.717, 1.165) is 0 Å². The second kappa shape index (κ2) is 9.34. The molecule has 0 fully saturated rings. The Morgan fingerprint density at radius 3 is 1.73 bits per heavy atom. The number of carboxylic acid groups (broad SMARTS) is 1. The van der Waals surface area contributed by atoms with E-state index >= 15 is 0 Å². The molecule has 90 valence electrons. The van der Waals surface area contributed by atoms with E-state index < -0.39 is 37.0 Å². The van der Waals surface area contributed by atoms with Crippen LogP contribution in [0.4, 0.5) is 0 Å². The van der Waals surface area contributed by atoms with Crippen LogP contribution in [0.15, 0.2) is 0 Å². The molecular formula is C6H15HfNO7. The molecule has 0 radical (unpaired) electrons. The third kappa shape index (κ3) is 6.30. The number of aliphatic carboxylic acids is 1. The molecule has 0 saturated heterocycles. The van der Waals surface area contributed by atoms with Crippen LogP contribution in [0, 0.1) is 0 Å². The average Bonchev–Trinajstić information content (AvgIpc) is 2.12. The van der Waals surface area contributed by atoms with Gasteiger partial charge in [0.05, 0.1) is 6.61 Å². The monoisotopic (exact) mass is 393 g/mol. The second-order valence-electron chi connectivity index (χ2n) is 2.51. The van der Waals surface area contributed by atoms with Crippen LogP contribution in [-0.4, -0.2) is 67.6 Å². The molecule has 15 heavy (non-hydrogen) atoms.